The normalized spacial score (nSPS) is 16.9. The quantitative estimate of drug-likeness (QED) is 0.567. The summed E-state index contributed by atoms with van der Waals surface area (Å²) < 4.78 is 0. The van der Waals surface area contributed by atoms with E-state index in [9.17, 15) is 0 Å². The molecule has 0 aliphatic heterocycles. The van der Waals surface area contributed by atoms with Gasteiger partial charge in [0.25, 0.3) is 0 Å². The van der Waals surface area contributed by atoms with Crippen LogP contribution in [0.5, 0.6) is 0 Å². The first-order valence-corrected chi connectivity index (χ1v) is 7.88. The second kappa shape index (κ2) is 7.30. The first-order valence-electron chi connectivity index (χ1n) is 7.88. The summed E-state index contributed by atoms with van der Waals surface area (Å²) in [5, 5.41) is 4.94. The molecule has 118 valence electrons. The van der Waals surface area contributed by atoms with Gasteiger partial charge in [-0.1, -0.05) is 63.1 Å². The molecule has 1 aromatic carbocycles. The Balaban J connectivity index is 0.00000242. The van der Waals surface area contributed by atoms with Gasteiger partial charge in [0.2, 0.25) is 0 Å². The molecule has 0 fully saturated rings. The average molecular weight is 330 g/mol. The fourth-order valence-corrected chi connectivity index (χ4v) is 3.16. The summed E-state index contributed by atoms with van der Waals surface area (Å²) in [7, 11) is 0. The summed E-state index contributed by atoms with van der Waals surface area (Å²) in [6.07, 6.45) is 1.08. The molecule has 0 spiro atoms. The third-order valence-electron chi connectivity index (χ3n) is 4.41. The molecule has 1 aliphatic rings. The molecule has 2 heteroatoms. The molecule has 22 heavy (non-hydrogen) atoms. The van der Waals surface area contributed by atoms with Gasteiger partial charge in [-0.05, 0) is 49.5 Å². The van der Waals surface area contributed by atoms with Crippen LogP contribution in [0.15, 0.2) is 41.0 Å². The monoisotopic (exact) mass is 330 g/mol. The number of hydrogen-bond donors (Lipinski definition) is 0. The first kappa shape index (κ1) is 19.4. The molecular weight excluding hydrogens is 302 g/mol. The standard InChI is InChI=1S/C20H28N.Ti/c1-13-12-19(15(3)14(13)2)18-11-9-8-10-17(18)16(4)21-20(5,6)7;/h8-11,16H,12H2,1-7H3;/q-1;. The molecule has 0 amide bonds. The fourth-order valence-electron chi connectivity index (χ4n) is 3.16. The minimum atomic E-state index is -0.00425. The van der Waals surface area contributed by atoms with Gasteiger partial charge in [-0.2, -0.15) is 0 Å². The van der Waals surface area contributed by atoms with Gasteiger partial charge in [0.05, 0.1) is 0 Å². The van der Waals surface area contributed by atoms with Gasteiger partial charge in [-0.3, -0.25) is 0 Å². The van der Waals surface area contributed by atoms with Crippen LogP contribution in [0, 0.1) is 0 Å². The van der Waals surface area contributed by atoms with Gasteiger partial charge in [0.15, 0.2) is 0 Å². The summed E-state index contributed by atoms with van der Waals surface area (Å²) in [5.41, 5.74) is 8.61. The van der Waals surface area contributed by atoms with E-state index in [1.807, 2.05) is 0 Å². The van der Waals surface area contributed by atoms with E-state index in [0.717, 1.165) is 6.42 Å². The zero-order valence-corrected chi connectivity index (χ0v) is 16.6. The van der Waals surface area contributed by atoms with Crippen LogP contribution in [-0.2, 0) is 21.7 Å². The zero-order chi connectivity index (χ0) is 15.8. The van der Waals surface area contributed by atoms with Gasteiger partial charge in [0, 0.05) is 21.7 Å². The summed E-state index contributed by atoms with van der Waals surface area (Å²) in [6, 6.07) is 8.99. The van der Waals surface area contributed by atoms with E-state index >= 15 is 0 Å². The van der Waals surface area contributed by atoms with E-state index < -0.39 is 0 Å². The van der Waals surface area contributed by atoms with Crippen molar-refractivity contribution in [1.29, 1.82) is 0 Å². The van der Waals surface area contributed by atoms with Crippen molar-refractivity contribution >= 4 is 5.57 Å². The fraction of sp³-hybridized carbons (Fsp3) is 0.500. The molecule has 0 radical (unpaired) electrons. The molecule has 1 nitrogen and oxygen atoms in total. The Bertz CT molecular complexity index is 602. The molecule has 1 aliphatic carbocycles. The Morgan fingerprint density at radius 1 is 1.00 bits per heavy atom. The van der Waals surface area contributed by atoms with Crippen molar-refractivity contribution in [2.75, 3.05) is 0 Å². The maximum atomic E-state index is 4.94. The molecule has 0 heterocycles. The van der Waals surface area contributed by atoms with Gasteiger partial charge >= 0.3 is 0 Å². The topological polar surface area (TPSA) is 14.1 Å². The Morgan fingerprint density at radius 2 is 1.59 bits per heavy atom. The number of benzene rings is 1. The third-order valence-corrected chi connectivity index (χ3v) is 4.41. The van der Waals surface area contributed by atoms with Gasteiger partial charge in [-0.15, -0.1) is 11.6 Å². The van der Waals surface area contributed by atoms with Crippen LogP contribution in [0.25, 0.3) is 10.9 Å². The van der Waals surface area contributed by atoms with Crippen LogP contribution in [0.3, 0.4) is 0 Å². The van der Waals surface area contributed by atoms with Gasteiger partial charge < -0.3 is 5.32 Å². The van der Waals surface area contributed by atoms with E-state index in [0.29, 0.717) is 0 Å². The average Bonchev–Trinajstić information content (AvgIpc) is 2.64. The Hall–Kier alpha value is -0.626. The summed E-state index contributed by atoms with van der Waals surface area (Å²) >= 11 is 0. The zero-order valence-electron chi connectivity index (χ0n) is 15.0. The predicted molar refractivity (Wildman–Crippen MR) is 93.6 cm³/mol. The molecule has 0 saturated heterocycles. The Morgan fingerprint density at radius 3 is 2.09 bits per heavy atom. The first-order chi connectivity index (χ1) is 9.70. The molecular formula is C20H28NTi-. The van der Waals surface area contributed by atoms with Crippen LogP contribution < -0.4 is 0 Å². The number of allylic oxidation sites excluding steroid dienone is 4. The van der Waals surface area contributed by atoms with Crippen molar-refractivity contribution in [3.63, 3.8) is 0 Å². The number of hydrogen-bond acceptors (Lipinski definition) is 0. The molecule has 0 N–H and O–H groups in total. The van der Waals surface area contributed by atoms with Crippen LogP contribution in [0.4, 0.5) is 0 Å². The summed E-state index contributed by atoms with van der Waals surface area (Å²) in [4.78, 5) is 0. The summed E-state index contributed by atoms with van der Waals surface area (Å²) in [5.74, 6) is 0. The Labute approximate surface area is 151 Å². The van der Waals surface area contributed by atoms with E-state index in [-0.39, 0.29) is 33.3 Å². The smallest absolute Gasteiger partial charge is 0 e. The van der Waals surface area contributed by atoms with Crippen molar-refractivity contribution in [2.24, 2.45) is 0 Å². The van der Waals surface area contributed by atoms with Crippen LogP contribution in [0.2, 0.25) is 0 Å². The summed E-state index contributed by atoms with van der Waals surface area (Å²) in [6.45, 7) is 15.5. The molecule has 0 aromatic heterocycles. The Kier molecular flexibility index (Phi) is 6.44. The van der Waals surface area contributed by atoms with E-state index in [4.69, 9.17) is 5.32 Å². The maximum absolute atomic E-state index is 4.94. The van der Waals surface area contributed by atoms with E-state index in [2.05, 4.69) is 72.7 Å². The van der Waals surface area contributed by atoms with Crippen molar-refractivity contribution in [3.05, 3.63) is 57.4 Å². The maximum Gasteiger partial charge on any atom is 0 e. The molecule has 0 bridgehead atoms. The third kappa shape index (κ3) is 4.22. The van der Waals surface area contributed by atoms with Crippen molar-refractivity contribution in [1.82, 2.24) is 0 Å². The molecule has 0 saturated carbocycles. The molecule has 1 unspecified atom stereocenters. The van der Waals surface area contributed by atoms with Crippen LogP contribution in [-0.4, -0.2) is 5.54 Å². The number of rotatable bonds is 3. The van der Waals surface area contributed by atoms with E-state index in [1.165, 1.54) is 33.4 Å². The predicted octanol–water partition coefficient (Wildman–Crippen LogP) is 6.43. The second-order valence-electron chi connectivity index (χ2n) is 7.25. The number of nitrogens with zero attached hydrogens (tertiary/aromatic N) is 1. The second-order valence-corrected chi connectivity index (χ2v) is 7.25. The molecule has 1 atom stereocenters. The van der Waals surface area contributed by atoms with Crippen molar-refractivity contribution < 1.29 is 21.7 Å². The molecule has 2 rings (SSSR count). The van der Waals surface area contributed by atoms with Gasteiger partial charge in [0.1, 0.15) is 0 Å². The molecule has 1 aromatic rings. The van der Waals surface area contributed by atoms with Crippen molar-refractivity contribution in [2.45, 2.75) is 66.5 Å². The van der Waals surface area contributed by atoms with Gasteiger partial charge in [-0.25, -0.2) is 0 Å². The minimum Gasteiger partial charge on any atom is -0.651 e. The van der Waals surface area contributed by atoms with Crippen LogP contribution in [0.1, 0.15) is 72.1 Å². The minimum absolute atomic E-state index is 0. The van der Waals surface area contributed by atoms with Crippen LogP contribution >= 0.6 is 0 Å². The SMILES string of the molecule is CC1=C(C)C(C)=C(c2ccccc2C(C)[N-]C(C)(C)C)C1.[Ti]. The largest absolute Gasteiger partial charge is 0.651 e. The van der Waals surface area contributed by atoms with E-state index in [1.54, 1.807) is 0 Å². The van der Waals surface area contributed by atoms with Crippen molar-refractivity contribution in [3.8, 4) is 0 Å².